The number of fused-ring (bicyclic) bond motifs is 7. The molecule has 3 nitrogen and oxygen atoms in total. The highest BCUT2D eigenvalue weighted by molar-refractivity contribution is 5.76. The summed E-state index contributed by atoms with van der Waals surface area (Å²) < 4.78 is 0. The van der Waals surface area contributed by atoms with Crippen LogP contribution in [0, 0.1) is 11.8 Å². The number of hydrogen-bond donors (Lipinski definition) is 2. The molecule has 0 radical (unpaired) electrons. The standard InChI is InChI=1S/C16H15N.C2H4O2/c1-16-13-8-4-2-6-11(13)10-15(17-16)12-7-3-5-9-14(12)16;1-2(3)4/h2-11,13,17H,1H3;1H3,(H,3,4). The number of hydrogen-bond acceptors (Lipinski definition) is 2. The number of carboxylic acid groups (broad SMARTS) is 1. The maximum atomic E-state index is 9.00. The summed E-state index contributed by atoms with van der Waals surface area (Å²) in [7, 11) is 0. The third-order valence-electron chi connectivity index (χ3n) is 4.37. The molecule has 0 fully saturated rings. The Balaban J connectivity index is 0.000000298. The summed E-state index contributed by atoms with van der Waals surface area (Å²) in [5, 5.41) is 11.1. The van der Waals surface area contributed by atoms with Crippen molar-refractivity contribution in [2.75, 3.05) is 0 Å². The molecule has 2 bridgehead atoms. The molecule has 0 spiro atoms. The zero-order chi connectivity index (χ0) is 15.0. The Morgan fingerprint density at radius 2 is 1.90 bits per heavy atom. The molecular formula is C18H19NO2. The van der Waals surface area contributed by atoms with Gasteiger partial charge in [-0.25, -0.2) is 0 Å². The summed E-state index contributed by atoms with van der Waals surface area (Å²) >= 11 is 0. The van der Waals surface area contributed by atoms with E-state index < -0.39 is 5.97 Å². The van der Waals surface area contributed by atoms with Gasteiger partial charge in [0.1, 0.15) is 0 Å². The van der Waals surface area contributed by atoms with E-state index in [1.807, 2.05) is 0 Å². The third kappa shape index (κ3) is 2.19. The Hall–Kier alpha value is -2.29. The zero-order valence-corrected chi connectivity index (χ0v) is 12.2. The van der Waals surface area contributed by atoms with Crippen molar-refractivity contribution in [1.29, 1.82) is 0 Å². The number of benzene rings is 1. The number of aliphatic carboxylic acids is 1. The van der Waals surface area contributed by atoms with Gasteiger partial charge in [-0.1, -0.05) is 54.6 Å². The average Bonchev–Trinajstić information content (AvgIpc) is 2.69. The fraction of sp³-hybridized carbons (Fsp3) is 0.278. The highest BCUT2D eigenvalue weighted by Crippen LogP contribution is 2.50. The van der Waals surface area contributed by atoms with Gasteiger partial charge in [-0.2, -0.15) is 0 Å². The summed E-state index contributed by atoms with van der Waals surface area (Å²) in [5.74, 6) is 0.230. The van der Waals surface area contributed by atoms with Crippen LogP contribution < -0.4 is 5.32 Å². The molecule has 3 heteroatoms. The van der Waals surface area contributed by atoms with Crippen LogP contribution in [0.2, 0.25) is 0 Å². The molecule has 108 valence electrons. The molecule has 0 saturated heterocycles. The lowest BCUT2D eigenvalue weighted by Gasteiger charge is -2.40. The molecule has 21 heavy (non-hydrogen) atoms. The van der Waals surface area contributed by atoms with Crippen LogP contribution in [0.25, 0.3) is 5.70 Å². The largest absolute Gasteiger partial charge is 0.481 e. The minimum absolute atomic E-state index is 0.0621. The summed E-state index contributed by atoms with van der Waals surface area (Å²) in [4.78, 5) is 9.00. The van der Waals surface area contributed by atoms with Crippen LogP contribution in [-0.4, -0.2) is 11.1 Å². The predicted octanol–water partition coefficient (Wildman–Crippen LogP) is 3.31. The lowest BCUT2D eigenvalue weighted by Crippen LogP contribution is -2.45. The van der Waals surface area contributed by atoms with E-state index >= 15 is 0 Å². The Kier molecular flexibility index (Phi) is 3.20. The number of allylic oxidation sites excluding steroid dienone is 4. The van der Waals surface area contributed by atoms with Gasteiger partial charge in [-0.3, -0.25) is 4.79 Å². The van der Waals surface area contributed by atoms with Gasteiger partial charge in [-0.15, -0.1) is 0 Å². The number of carboxylic acids is 1. The van der Waals surface area contributed by atoms with Crippen molar-refractivity contribution in [3.05, 3.63) is 65.8 Å². The Morgan fingerprint density at radius 1 is 1.24 bits per heavy atom. The molecular weight excluding hydrogens is 262 g/mol. The van der Waals surface area contributed by atoms with E-state index in [0.717, 1.165) is 6.92 Å². The van der Waals surface area contributed by atoms with E-state index in [4.69, 9.17) is 9.90 Å². The monoisotopic (exact) mass is 281 g/mol. The van der Waals surface area contributed by atoms with Crippen molar-refractivity contribution in [1.82, 2.24) is 5.32 Å². The van der Waals surface area contributed by atoms with Crippen molar-refractivity contribution < 1.29 is 9.90 Å². The molecule has 3 atom stereocenters. The smallest absolute Gasteiger partial charge is 0.300 e. The number of carbonyl (C=O) groups is 1. The molecule has 4 rings (SSSR count). The van der Waals surface area contributed by atoms with E-state index in [1.54, 1.807) is 0 Å². The number of nitrogens with one attached hydrogen (secondary N) is 1. The quantitative estimate of drug-likeness (QED) is 0.767. The molecule has 2 heterocycles. The van der Waals surface area contributed by atoms with Crippen LogP contribution in [-0.2, 0) is 10.3 Å². The highest BCUT2D eigenvalue weighted by Gasteiger charge is 2.47. The van der Waals surface area contributed by atoms with Gasteiger partial charge in [0, 0.05) is 30.0 Å². The molecule has 0 saturated carbocycles. The first-order valence-electron chi connectivity index (χ1n) is 7.17. The summed E-state index contributed by atoms with van der Waals surface area (Å²) in [6.45, 7) is 3.41. The molecule has 3 aliphatic rings. The van der Waals surface area contributed by atoms with E-state index in [9.17, 15) is 0 Å². The summed E-state index contributed by atoms with van der Waals surface area (Å²) in [6.07, 6.45) is 11.4. The van der Waals surface area contributed by atoms with Crippen LogP contribution in [0.15, 0.2) is 54.6 Å². The highest BCUT2D eigenvalue weighted by atomic mass is 16.4. The topological polar surface area (TPSA) is 49.3 Å². The molecule has 1 aliphatic carbocycles. The first-order chi connectivity index (χ1) is 10.0. The van der Waals surface area contributed by atoms with Crippen LogP contribution in [0.3, 0.4) is 0 Å². The predicted molar refractivity (Wildman–Crippen MR) is 83.5 cm³/mol. The molecule has 3 unspecified atom stereocenters. The lowest BCUT2D eigenvalue weighted by atomic mass is 9.71. The van der Waals surface area contributed by atoms with Crippen LogP contribution in [0.1, 0.15) is 25.0 Å². The van der Waals surface area contributed by atoms with E-state index in [2.05, 4.69) is 66.9 Å². The van der Waals surface area contributed by atoms with Gasteiger partial charge in [0.15, 0.2) is 0 Å². The van der Waals surface area contributed by atoms with E-state index in [-0.39, 0.29) is 5.54 Å². The van der Waals surface area contributed by atoms with Gasteiger partial charge >= 0.3 is 0 Å². The SMILES string of the molecule is CC(=O)O.CC12NC(=CC3C=CC=CC31)c1ccccc12. The Bertz CT molecular complexity index is 668. The fourth-order valence-electron chi connectivity index (χ4n) is 3.53. The second-order valence-electron chi connectivity index (χ2n) is 5.85. The lowest BCUT2D eigenvalue weighted by molar-refractivity contribution is -0.134. The molecule has 2 N–H and O–H groups in total. The van der Waals surface area contributed by atoms with Gasteiger partial charge in [0.25, 0.3) is 5.97 Å². The van der Waals surface area contributed by atoms with Gasteiger partial charge in [-0.05, 0) is 12.5 Å². The maximum absolute atomic E-state index is 9.00. The van der Waals surface area contributed by atoms with Crippen molar-refractivity contribution >= 4 is 11.7 Å². The fourth-order valence-corrected chi connectivity index (χ4v) is 3.53. The van der Waals surface area contributed by atoms with Crippen molar-refractivity contribution in [2.45, 2.75) is 19.4 Å². The number of rotatable bonds is 0. The molecule has 0 amide bonds. The van der Waals surface area contributed by atoms with Gasteiger partial charge in [0.05, 0.1) is 5.54 Å². The van der Waals surface area contributed by atoms with Crippen molar-refractivity contribution in [3.8, 4) is 0 Å². The minimum atomic E-state index is -0.833. The first kappa shape index (κ1) is 13.7. The second kappa shape index (κ2) is 4.92. The second-order valence-corrected chi connectivity index (χ2v) is 5.85. The Morgan fingerprint density at radius 3 is 2.67 bits per heavy atom. The molecule has 2 aliphatic heterocycles. The first-order valence-corrected chi connectivity index (χ1v) is 7.17. The van der Waals surface area contributed by atoms with Crippen molar-refractivity contribution in [3.63, 3.8) is 0 Å². The Labute approximate surface area is 124 Å². The zero-order valence-electron chi connectivity index (χ0n) is 12.2. The molecule has 1 aromatic rings. The third-order valence-corrected chi connectivity index (χ3v) is 4.37. The van der Waals surface area contributed by atoms with Crippen molar-refractivity contribution in [2.24, 2.45) is 11.8 Å². The molecule has 1 aromatic carbocycles. The average molecular weight is 281 g/mol. The molecule has 0 aromatic heterocycles. The summed E-state index contributed by atoms with van der Waals surface area (Å²) in [5.41, 5.74) is 4.20. The van der Waals surface area contributed by atoms with E-state index in [1.165, 1.54) is 16.8 Å². The van der Waals surface area contributed by atoms with Gasteiger partial charge in [0.2, 0.25) is 0 Å². The van der Waals surface area contributed by atoms with Gasteiger partial charge < -0.3 is 10.4 Å². The minimum Gasteiger partial charge on any atom is -0.481 e. The summed E-state index contributed by atoms with van der Waals surface area (Å²) in [6, 6.07) is 8.76. The normalized spacial score (nSPS) is 30.3. The van der Waals surface area contributed by atoms with Crippen LogP contribution >= 0.6 is 0 Å². The van der Waals surface area contributed by atoms with E-state index in [0.29, 0.717) is 11.8 Å². The van der Waals surface area contributed by atoms with Crippen LogP contribution in [0.5, 0.6) is 0 Å². The van der Waals surface area contributed by atoms with Crippen LogP contribution in [0.4, 0.5) is 0 Å². The maximum Gasteiger partial charge on any atom is 0.300 e.